The Labute approximate surface area is 99.0 Å². The van der Waals surface area contributed by atoms with Crippen LogP contribution in [0.25, 0.3) is 0 Å². The van der Waals surface area contributed by atoms with Gasteiger partial charge in [0.1, 0.15) is 0 Å². The minimum atomic E-state index is 0.626. The van der Waals surface area contributed by atoms with Crippen LogP contribution >= 0.6 is 0 Å². The molecular formula is C14H23NO. The van der Waals surface area contributed by atoms with Crippen molar-refractivity contribution in [3.8, 4) is 0 Å². The van der Waals surface area contributed by atoms with E-state index < -0.39 is 0 Å². The Balaban J connectivity index is 2.09. The van der Waals surface area contributed by atoms with Crippen molar-refractivity contribution in [1.29, 1.82) is 0 Å². The Morgan fingerprint density at radius 1 is 1.19 bits per heavy atom. The highest BCUT2D eigenvalue weighted by atomic mass is 16.5. The zero-order valence-electron chi connectivity index (χ0n) is 10.4. The van der Waals surface area contributed by atoms with Crippen molar-refractivity contribution < 1.29 is 4.74 Å². The van der Waals surface area contributed by atoms with Crippen molar-refractivity contribution in [1.82, 2.24) is 5.32 Å². The van der Waals surface area contributed by atoms with Crippen LogP contribution in [0.2, 0.25) is 0 Å². The van der Waals surface area contributed by atoms with Gasteiger partial charge in [0.05, 0.1) is 6.61 Å². The third-order valence-electron chi connectivity index (χ3n) is 2.75. The van der Waals surface area contributed by atoms with Crippen LogP contribution < -0.4 is 5.32 Å². The van der Waals surface area contributed by atoms with E-state index in [9.17, 15) is 0 Å². The molecule has 1 N–H and O–H groups in total. The van der Waals surface area contributed by atoms with Crippen molar-refractivity contribution >= 4 is 0 Å². The minimum absolute atomic E-state index is 0.626. The molecule has 2 heteroatoms. The van der Waals surface area contributed by atoms with Gasteiger partial charge in [0.15, 0.2) is 0 Å². The maximum Gasteiger partial charge on any atom is 0.0590 e. The van der Waals surface area contributed by atoms with E-state index in [4.69, 9.17) is 4.74 Å². The maximum atomic E-state index is 5.26. The summed E-state index contributed by atoms with van der Waals surface area (Å²) in [6.45, 7) is 7.94. The number of nitrogens with one attached hydrogen (secondary N) is 1. The van der Waals surface area contributed by atoms with Crippen LogP contribution in [0.5, 0.6) is 0 Å². The average molecular weight is 221 g/mol. The highest BCUT2D eigenvalue weighted by Crippen LogP contribution is 2.17. The van der Waals surface area contributed by atoms with Crippen LogP contribution in [0.15, 0.2) is 30.3 Å². The fourth-order valence-corrected chi connectivity index (χ4v) is 1.68. The number of hydrogen-bond donors (Lipinski definition) is 1. The quantitative estimate of drug-likeness (QED) is 0.682. The van der Waals surface area contributed by atoms with E-state index >= 15 is 0 Å². The third kappa shape index (κ3) is 5.29. The van der Waals surface area contributed by atoms with E-state index in [0.717, 1.165) is 26.3 Å². The van der Waals surface area contributed by atoms with Gasteiger partial charge >= 0.3 is 0 Å². The van der Waals surface area contributed by atoms with Gasteiger partial charge in [0, 0.05) is 13.2 Å². The normalized spacial score (nSPS) is 12.6. The van der Waals surface area contributed by atoms with Crippen LogP contribution in [-0.4, -0.2) is 26.3 Å². The summed E-state index contributed by atoms with van der Waals surface area (Å²) in [5.41, 5.74) is 1.43. The molecule has 0 aliphatic rings. The fourth-order valence-electron chi connectivity index (χ4n) is 1.68. The number of hydrogen-bond acceptors (Lipinski definition) is 2. The summed E-state index contributed by atoms with van der Waals surface area (Å²) in [5, 5.41) is 3.40. The molecule has 0 saturated heterocycles. The highest BCUT2D eigenvalue weighted by Gasteiger charge is 2.03. The van der Waals surface area contributed by atoms with Crippen LogP contribution in [0.4, 0.5) is 0 Å². The second kappa shape index (κ2) is 8.31. The summed E-state index contributed by atoms with van der Waals surface area (Å²) in [6.07, 6.45) is 1.18. The molecule has 1 atom stereocenters. The summed E-state index contributed by atoms with van der Waals surface area (Å²) in [6, 6.07) is 10.7. The van der Waals surface area contributed by atoms with Gasteiger partial charge in [0.2, 0.25) is 0 Å². The SMILES string of the molecule is CCOCCNCCC(C)c1ccccc1. The monoisotopic (exact) mass is 221 g/mol. The first-order valence-electron chi connectivity index (χ1n) is 6.18. The first-order valence-corrected chi connectivity index (χ1v) is 6.18. The molecule has 1 rings (SSSR count). The highest BCUT2D eigenvalue weighted by molar-refractivity contribution is 5.18. The van der Waals surface area contributed by atoms with Crippen molar-refractivity contribution in [2.75, 3.05) is 26.3 Å². The van der Waals surface area contributed by atoms with Gasteiger partial charge in [-0.25, -0.2) is 0 Å². The molecule has 0 heterocycles. The van der Waals surface area contributed by atoms with Gasteiger partial charge in [0.25, 0.3) is 0 Å². The Hall–Kier alpha value is -0.860. The van der Waals surface area contributed by atoms with Crippen molar-refractivity contribution in [2.24, 2.45) is 0 Å². The molecular weight excluding hydrogens is 198 g/mol. The molecule has 0 aliphatic carbocycles. The van der Waals surface area contributed by atoms with Gasteiger partial charge in [-0.2, -0.15) is 0 Å². The molecule has 0 saturated carbocycles. The van der Waals surface area contributed by atoms with Gasteiger partial charge in [-0.3, -0.25) is 0 Å². The smallest absolute Gasteiger partial charge is 0.0590 e. The molecule has 0 radical (unpaired) electrons. The summed E-state index contributed by atoms with van der Waals surface area (Å²) in [7, 11) is 0. The van der Waals surface area contributed by atoms with Crippen molar-refractivity contribution in [3.63, 3.8) is 0 Å². The van der Waals surface area contributed by atoms with Crippen LogP contribution in [0.3, 0.4) is 0 Å². The van der Waals surface area contributed by atoms with Gasteiger partial charge in [-0.1, -0.05) is 37.3 Å². The third-order valence-corrected chi connectivity index (χ3v) is 2.75. The molecule has 1 unspecified atom stereocenters. The van der Waals surface area contributed by atoms with E-state index in [2.05, 4.69) is 42.6 Å². The second-order valence-electron chi connectivity index (χ2n) is 4.05. The maximum absolute atomic E-state index is 5.26. The van der Waals surface area contributed by atoms with Crippen LogP contribution in [0.1, 0.15) is 31.7 Å². The lowest BCUT2D eigenvalue weighted by atomic mass is 9.98. The Morgan fingerprint density at radius 2 is 1.94 bits per heavy atom. The van der Waals surface area contributed by atoms with Gasteiger partial charge < -0.3 is 10.1 Å². The summed E-state index contributed by atoms with van der Waals surface area (Å²) in [4.78, 5) is 0. The van der Waals surface area contributed by atoms with Crippen molar-refractivity contribution in [3.05, 3.63) is 35.9 Å². The lowest BCUT2D eigenvalue weighted by molar-refractivity contribution is 0.149. The predicted octanol–water partition coefficient (Wildman–Crippen LogP) is 2.81. The summed E-state index contributed by atoms with van der Waals surface area (Å²) >= 11 is 0. The molecule has 1 aromatic rings. The van der Waals surface area contributed by atoms with E-state index in [1.807, 2.05) is 6.92 Å². The molecule has 0 spiro atoms. The second-order valence-corrected chi connectivity index (χ2v) is 4.05. The molecule has 2 nitrogen and oxygen atoms in total. The molecule has 0 amide bonds. The van der Waals surface area contributed by atoms with Gasteiger partial charge in [-0.05, 0) is 31.4 Å². The Bertz CT molecular complexity index is 261. The average Bonchev–Trinajstić information content (AvgIpc) is 2.34. The zero-order valence-corrected chi connectivity index (χ0v) is 10.4. The first-order chi connectivity index (χ1) is 7.84. The Kier molecular flexibility index (Phi) is 6.86. The van der Waals surface area contributed by atoms with Crippen molar-refractivity contribution in [2.45, 2.75) is 26.2 Å². The van der Waals surface area contributed by atoms with Gasteiger partial charge in [-0.15, -0.1) is 0 Å². The lowest BCUT2D eigenvalue weighted by Gasteiger charge is -2.12. The molecule has 0 fully saturated rings. The van der Waals surface area contributed by atoms with E-state index in [0.29, 0.717) is 5.92 Å². The predicted molar refractivity (Wildman–Crippen MR) is 68.8 cm³/mol. The molecule has 16 heavy (non-hydrogen) atoms. The summed E-state index contributed by atoms with van der Waals surface area (Å²) < 4.78 is 5.26. The number of ether oxygens (including phenoxy) is 1. The Morgan fingerprint density at radius 3 is 2.62 bits per heavy atom. The molecule has 0 aliphatic heterocycles. The zero-order chi connectivity index (χ0) is 11.6. The molecule has 90 valence electrons. The molecule has 0 aromatic heterocycles. The molecule has 0 bridgehead atoms. The molecule has 1 aromatic carbocycles. The fraction of sp³-hybridized carbons (Fsp3) is 0.571. The largest absolute Gasteiger partial charge is 0.380 e. The summed E-state index contributed by atoms with van der Waals surface area (Å²) in [5.74, 6) is 0.626. The van der Waals surface area contributed by atoms with Crippen LogP contribution in [0, 0.1) is 0 Å². The lowest BCUT2D eigenvalue weighted by Crippen LogP contribution is -2.21. The van der Waals surface area contributed by atoms with E-state index in [1.54, 1.807) is 0 Å². The minimum Gasteiger partial charge on any atom is -0.380 e. The van der Waals surface area contributed by atoms with Crippen LogP contribution in [-0.2, 0) is 4.74 Å². The topological polar surface area (TPSA) is 21.3 Å². The standard InChI is InChI=1S/C14H23NO/c1-3-16-12-11-15-10-9-13(2)14-7-5-4-6-8-14/h4-8,13,15H,3,9-12H2,1-2H3. The number of benzene rings is 1. The number of rotatable bonds is 8. The van der Waals surface area contributed by atoms with E-state index in [1.165, 1.54) is 12.0 Å². The van der Waals surface area contributed by atoms with E-state index in [-0.39, 0.29) is 0 Å². The first kappa shape index (κ1) is 13.2.